The van der Waals surface area contributed by atoms with Gasteiger partial charge in [-0.05, 0) is 24.8 Å². The van der Waals surface area contributed by atoms with Crippen molar-refractivity contribution in [1.29, 1.82) is 0 Å². The zero-order valence-corrected chi connectivity index (χ0v) is 8.57. The van der Waals surface area contributed by atoms with Crippen LogP contribution in [0.2, 0.25) is 0 Å². The van der Waals surface area contributed by atoms with Crippen molar-refractivity contribution in [2.75, 3.05) is 5.32 Å². The van der Waals surface area contributed by atoms with Crippen molar-refractivity contribution in [3.8, 4) is 5.75 Å². The summed E-state index contributed by atoms with van der Waals surface area (Å²) in [7, 11) is 0. The van der Waals surface area contributed by atoms with E-state index in [2.05, 4.69) is 23.6 Å². The molecule has 0 amide bonds. The molecule has 3 rings (SSSR count). The van der Waals surface area contributed by atoms with Crippen molar-refractivity contribution < 1.29 is 5.11 Å². The lowest BCUT2D eigenvalue weighted by Crippen LogP contribution is -2.42. The Morgan fingerprint density at radius 2 is 2.20 bits per heavy atom. The first kappa shape index (κ1) is 8.65. The number of fused-ring (bicyclic) bond motifs is 3. The molecule has 2 heterocycles. The number of phenolic OH excluding ortho intramolecular Hbond substituents is 1. The molecule has 0 saturated carbocycles. The van der Waals surface area contributed by atoms with E-state index in [0.29, 0.717) is 23.8 Å². The molecule has 78 valence electrons. The Bertz CT molecular complexity index is 428. The summed E-state index contributed by atoms with van der Waals surface area (Å²) in [5.41, 5.74) is 2.34. The Morgan fingerprint density at radius 1 is 1.33 bits per heavy atom. The highest BCUT2D eigenvalue weighted by molar-refractivity contribution is 5.64. The van der Waals surface area contributed by atoms with Crippen LogP contribution in [-0.2, 0) is 0 Å². The molecule has 0 saturated heterocycles. The molecule has 0 bridgehead atoms. The number of hydrogen-bond acceptors (Lipinski definition) is 3. The molecule has 1 aromatic rings. The number of nitrogens with one attached hydrogen (secondary N) is 2. The highest BCUT2D eigenvalue weighted by Crippen LogP contribution is 2.40. The van der Waals surface area contributed by atoms with Gasteiger partial charge in [0, 0.05) is 23.7 Å². The van der Waals surface area contributed by atoms with Crippen LogP contribution in [-0.4, -0.2) is 17.2 Å². The van der Waals surface area contributed by atoms with Gasteiger partial charge in [-0.3, -0.25) is 0 Å². The minimum Gasteiger partial charge on any atom is -0.508 e. The van der Waals surface area contributed by atoms with Crippen molar-refractivity contribution >= 4 is 5.69 Å². The molecular weight excluding hydrogens is 188 g/mol. The van der Waals surface area contributed by atoms with Gasteiger partial charge in [0.05, 0.1) is 6.04 Å². The van der Waals surface area contributed by atoms with Gasteiger partial charge in [0.15, 0.2) is 0 Å². The van der Waals surface area contributed by atoms with E-state index < -0.39 is 0 Å². The quantitative estimate of drug-likeness (QED) is 0.601. The first-order valence-corrected chi connectivity index (χ1v) is 5.28. The van der Waals surface area contributed by atoms with Crippen LogP contribution in [0.3, 0.4) is 0 Å². The molecular formula is C12H14N2O. The van der Waals surface area contributed by atoms with Crippen LogP contribution >= 0.6 is 0 Å². The Hall–Kier alpha value is -1.64. The summed E-state index contributed by atoms with van der Waals surface area (Å²) in [6.07, 6.45) is 4.20. The fourth-order valence-electron chi connectivity index (χ4n) is 2.50. The smallest absolute Gasteiger partial charge is 0.117 e. The van der Waals surface area contributed by atoms with Crippen LogP contribution in [0.1, 0.15) is 18.4 Å². The maximum Gasteiger partial charge on any atom is 0.117 e. The van der Waals surface area contributed by atoms with E-state index in [4.69, 9.17) is 0 Å². The molecule has 0 fully saturated rings. The normalized spacial score (nSPS) is 31.4. The predicted octanol–water partition coefficient (Wildman–Crippen LogP) is 1.78. The van der Waals surface area contributed by atoms with E-state index in [0.717, 1.165) is 5.69 Å². The number of phenols is 1. The van der Waals surface area contributed by atoms with E-state index in [1.807, 2.05) is 12.3 Å². The monoisotopic (exact) mass is 202 g/mol. The third-order valence-corrected chi connectivity index (χ3v) is 3.31. The Morgan fingerprint density at radius 3 is 3.07 bits per heavy atom. The molecule has 0 spiro atoms. The summed E-state index contributed by atoms with van der Waals surface area (Å²) in [6.45, 7) is 2.17. The lowest BCUT2D eigenvalue weighted by molar-refractivity contribution is 0.475. The third-order valence-electron chi connectivity index (χ3n) is 3.31. The lowest BCUT2D eigenvalue weighted by atomic mass is 9.89. The summed E-state index contributed by atoms with van der Waals surface area (Å²) in [4.78, 5) is 0. The zero-order valence-electron chi connectivity index (χ0n) is 8.57. The van der Waals surface area contributed by atoms with Gasteiger partial charge in [0.2, 0.25) is 0 Å². The van der Waals surface area contributed by atoms with Gasteiger partial charge in [-0.1, -0.05) is 12.1 Å². The zero-order chi connectivity index (χ0) is 10.4. The van der Waals surface area contributed by atoms with Gasteiger partial charge in [0.25, 0.3) is 0 Å². The van der Waals surface area contributed by atoms with E-state index in [-0.39, 0.29) is 0 Å². The first-order chi connectivity index (χ1) is 7.25. The van der Waals surface area contributed by atoms with Gasteiger partial charge in [-0.25, -0.2) is 0 Å². The summed E-state index contributed by atoms with van der Waals surface area (Å²) < 4.78 is 0. The van der Waals surface area contributed by atoms with Crippen molar-refractivity contribution in [3.05, 3.63) is 36.0 Å². The summed E-state index contributed by atoms with van der Waals surface area (Å²) in [5, 5.41) is 16.2. The van der Waals surface area contributed by atoms with Crippen LogP contribution in [0.15, 0.2) is 30.5 Å². The van der Waals surface area contributed by atoms with E-state index in [9.17, 15) is 5.11 Å². The maximum atomic E-state index is 9.42. The molecule has 3 N–H and O–H groups in total. The van der Waals surface area contributed by atoms with Crippen molar-refractivity contribution in [2.24, 2.45) is 0 Å². The Kier molecular flexibility index (Phi) is 1.69. The molecule has 3 unspecified atom stereocenters. The molecule has 2 aliphatic heterocycles. The molecule has 0 radical (unpaired) electrons. The van der Waals surface area contributed by atoms with Crippen molar-refractivity contribution in [2.45, 2.75) is 24.9 Å². The molecule has 0 aromatic heterocycles. The standard InChI is InChI=1S/C12H14N2O/c1-7-12-10(4-5-13-7)9-3-2-8(15)6-11(9)14-12/h2-7,10,12-15H,1H3. The van der Waals surface area contributed by atoms with Gasteiger partial charge >= 0.3 is 0 Å². The minimum atomic E-state index is 0.324. The summed E-state index contributed by atoms with van der Waals surface area (Å²) in [5.74, 6) is 0.751. The second kappa shape index (κ2) is 2.92. The number of anilines is 1. The Balaban J connectivity index is 2.06. The van der Waals surface area contributed by atoms with Crippen LogP contribution in [0.4, 0.5) is 5.69 Å². The molecule has 15 heavy (non-hydrogen) atoms. The largest absolute Gasteiger partial charge is 0.508 e. The summed E-state index contributed by atoms with van der Waals surface area (Å²) >= 11 is 0. The van der Waals surface area contributed by atoms with E-state index >= 15 is 0 Å². The molecule has 0 aliphatic carbocycles. The average Bonchev–Trinajstić information content (AvgIpc) is 2.57. The maximum absolute atomic E-state index is 9.42. The van der Waals surface area contributed by atoms with Crippen molar-refractivity contribution in [1.82, 2.24) is 5.32 Å². The second-order valence-electron chi connectivity index (χ2n) is 4.28. The van der Waals surface area contributed by atoms with Crippen molar-refractivity contribution in [3.63, 3.8) is 0 Å². The fourth-order valence-corrected chi connectivity index (χ4v) is 2.50. The number of rotatable bonds is 0. The molecule has 3 atom stereocenters. The molecule has 3 heteroatoms. The van der Waals surface area contributed by atoms with E-state index in [1.54, 1.807) is 12.1 Å². The fraction of sp³-hybridized carbons (Fsp3) is 0.333. The Labute approximate surface area is 88.8 Å². The number of benzene rings is 1. The highest BCUT2D eigenvalue weighted by atomic mass is 16.3. The first-order valence-electron chi connectivity index (χ1n) is 5.28. The van der Waals surface area contributed by atoms with Crippen LogP contribution in [0, 0.1) is 0 Å². The average molecular weight is 202 g/mol. The van der Waals surface area contributed by atoms with Crippen LogP contribution in [0.5, 0.6) is 5.75 Å². The van der Waals surface area contributed by atoms with Gasteiger partial charge in [-0.2, -0.15) is 0 Å². The number of hydrogen-bond donors (Lipinski definition) is 3. The number of aromatic hydroxyl groups is 1. The van der Waals surface area contributed by atoms with Crippen LogP contribution in [0.25, 0.3) is 0 Å². The van der Waals surface area contributed by atoms with Crippen LogP contribution < -0.4 is 10.6 Å². The van der Waals surface area contributed by atoms with Gasteiger partial charge in [0.1, 0.15) is 5.75 Å². The SMILES string of the molecule is CC1NC=CC2c3ccc(O)cc3NC12. The van der Waals surface area contributed by atoms with E-state index in [1.165, 1.54) is 5.56 Å². The molecule has 2 aliphatic rings. The third kappa shape index (κ3) is 1.19. The molecule has 3 nitrogen and oxygen atoms in total. The highest BCUT2D eigenvalue weighted by Gasteiger charge is 2.35. The minimum absolute atomic E-state index is 0.324. The molecule has 1 aromatic carbocycles. The second-order valence-corrected chi connectivity index (χ2v) is 4.28. The summed E-state index contributed by atoms with van der Waals surface area (Å²) in [6, 6.07) is 6.36. The lowest BCUT2D eigenvalue weighted by Gasteiger charge is -2.28. The predicted molar refractivity (Wildman–Crippen MR) is 60.0 cm³/mol. The van der Waals surface area contributed by atoms with Gasteiger partial charge < -0.3 is 15.7 Å². The topological polar surface area (TPSA) is 44.3 Å². The van der Waals surface area contributed by atoms with Gasteiger partial charge in [-0.15, -0.1) is 0 Å².